The van der Waals surface area contributed by atoms with Gasteiger partial charge in [-0.15, -0.1) is 0 Å². The predicted octanol–water partition coefficient (Wildman–Crippen LogP) is 10.7. The molecule has 4 aliphatic heterocycles. The Morgan fingerprint density at radius 2 is 1.46 bits per heavy atom. The predicted molar refractivity (Wildman–Crippen MR) is 244 cm³/mol. The molecule has 20 heteroatoms. The van der Waals surface area contributed by atoms with Crippen molar-refractivity contribution >= 4 is 28.6 Å². The van der Waals surface area contributed by atoms with Crippen LogP contribution in [0.3, 0.4) is 0 Å². The van der Waals surface area contributed by atoms with Crippen LogP contribution in [0.2, 0.25) is 0 Å². The Hall–Kier alpha value is -6.18. The number of aryl methyl sites for hydroxylation is 1. The largest absolute Gasteiger partial charge is 0.497 e. The number of hydrogen-bond acceptors (Lipinski definition) is 11. The molecule has 4 atom stereocenters. The first-order chi connectivity index (χ1) is 33.0. The second-order valence-electron chi connectivity index (χ2n) is 19.7. The number of hydrogen-bond donors (Lipinski definition) is 0. The van der Waals surface area contributed by atoms with E-state index >= 15 is 30.7 Å². The lowest BCUT2D eigenvalue weighted by molar-refractivity contribution is -0.137. The lowest BCUT2D eigenvalue weighted by Crippen LogP contribution is -2.66. The van der Waals surface area contributed by atoms with Crippen LogP contribution in [0.4, 0.5) is 51.6 Å². The van der Waals surface area contributed by atoms with E-state index in [9.17, 15) is 9.18 Å². The lowest BCUT2D eigenvalue weighted by Gasteiger charge is -2.47. The quantitative estimate of drug-likeness (QED) is 0.0881. The third-order valence-electron chi connectivity index (χ3n) is 13.6. The summed E-state index contributed by atoms with van der Waals surface area (Å²) in [5.74, 6) is -7.81. The van der Waals surface area contributed by atoms with Gasteiger partial charge in [-0.05, 0) is 100 Å². The van der Waals surface area contributed by atoms with Crippen LogP contribution in [-0.2, 0) is 24.0 Å². The van der Waals surface area contributed by atoms with Crippen molar-refractivity contribution in [2.75, 3.05) is 56.8 Å². The smallest absolute Gasteiger partial charge is 0.418 e. The summed E-state index contributed by atoms with van der Waals surface area (Å²) in [7, 11) is 3.01. The summed E-state index contributed by atoms with van der Waals surface area (Å²) < 4.78 is 152. The van der Waals surface area contributed by atoms with Gasteiger partial charge in [-0.25, -0.2) is 36.6 Å². The Balaban J connectivity index is 1.19. The third kappa shape index (κ3) is 9.18. The fraction of sp³-hybridized carbons (Fsp3) is 0.480. The summed E-state index contributed by atoms with van der Waals surface area (Å²) in [6, 6.07) is 15.3. The highest BCUT2D eigenvalue weighted by Gasteiger charge is 2.65. The monoisotopic (exact) mass is 983 g/mol. The summed E-state index contributed by atoms with van der Waals surface area (Å²) >= 11 is 0. The van der Waals surface area contributed by atoms with Gasteiger partial charge < -0.3 is 28.7 Å². The van der Waals surface area contributed by atoms with Gasteiger partial charge in [0.05, 0.1) is 49.7 Å². The van der Waals surface area contributed by atoms with Gasteiger partial charge in [0.2, 0.25) is 11.6 Å². The molecule has 9 rings (SSSR count). The number of rotatable bonds is 12. The van der Waals surface area contributed by atoms with Crippen molar-refractivity contribution in [1.29, 1.82) is 0 Å². The minimum atomic E-state index is -5.18. The van der Waals surface area contributed by atoms with Crippen LogP contribution in [-0.4, -0.2) is 107 Å². The molecule has 4 fully saturated rings. The Morgan fingerprint density at radius 3 is 2.01 bits per heavy atom. The van der Waals surface area contributed by atoms with Crippen molar-refractivity contribution in [3.05, 3.63) is 94.6 Å². The maximum absolute atomic E-state index is 17.7. The van der Waals surface area contributed by atoms with E-state index in [1.807, 2.05) is 4.90 Å². The number of pyridine rings is 1. The zero-order chi connectivity index (χ0) is 50.1. The first-order valence-corrected chi connectivity index (χ1v) is 23.0. The second-order valence-corrected chi connectivity index (χ2v) is 19.7. The molecule has 3 aromatic carbocycles. The normalized spacial score (nSPS) is 23.5. The van der Waals surface area contributed by atoms with Crippen LogP contribution in [0.5, 0.6) is 17.5 Å². The van der Waals surface area contributed by atoms with Gasteiger partial charge in [0.1, 0.15) is 52.8 Å². The molecular weight excluding hydrogens is 931 g/mol. The highest BCUT2D eigenvalue weighted by molar-refractivity contribution is 5.94. The first-order valence-electron chi connectivity index (χ1n) is 23.0. The van der Waals surface area contributed by atoms with Crippen molar-refractivity contribution in [2.45, 2.75) is 108 Å². The first kappa shape index (κ1) is 48.8. The SMILES string of the molecule is COc1ccc(CN(Cc2ccc(OC)cc2)c2cc(C)c(C(F)(F)F)c(-c3c(F)cc4c(N5CC6(F)CCC(F)(C5)N6C(=O)OC(C)(C)C)nc(OC[C@@]56CCCN5C[C@H](F)C6)nc4c3F)n2)cc1. The van der Waals surface area contributed by atoms with Crippen molar-refractivity contribution in [3.8, 4) is 28.8 Å². The molecule has 5 aromatic rings. The molecule has 0 N–H and O–H groups in total. The zero-order valence-corrected chi connectivity index (χ0v) is 39.5. The van der Waals surface area contributed by atoms with E-state index in [1.54, 1.807) is 74.2 Å². The van der Waals surface area contributed by atoms with E-state index in [-0.39, 0.29) is 38.5 Å². The molecule has 70 heavy (non-hydrogen) atoms. The van der Waals surface area contributed by atoms with E-state index in [4.69, 9.17) is 18.9 Å². The van der Waals surface area contributed by atoms with Crippen LogP contribution < -0.4 is 24.0 Å². The number of aromatic nitrogens is 3. The number of fused-ring (bicyclic) bond motifs is 4. The topological polar surface area (TPSA) is 106 Å². The molecule has 1 amide bonds. The third-order valence-corrected chi connectivity index (χ3v) is 13.6. The summed E-state index contributed by atoms with van der Waals surface area (Å²) in [4.78, 5) is 31.6. The molecule has 0 radical (unpaired) electrons. The fourth-order valence-electron chi connectivity index (χ4n) is 10.5. The minimum absolute atomic E-state index is 0.0543. The van der Waals surface area contributed by atoms with Gasteiger partial charge in [0.25, 0.3) is 0 Å². The van der Waals surface area contributed by atoms with Crippen LogP contribution in [0, 0.1) is 18.6 Å². The standard InChI is InChI=1S/C50H53F8N7O5/c1-29-20-37(62(23-30-8-12-33(67-5)13-9-30)24-31-10-14-34(68-6)15-11-31)59-42(39(29)50(56,57)58)38-36(52)21-35-41(40(38)53)60-44(69-28-47-16-7-19-64(47)25-32(51)22-47)61-43(35)63-26-48(54)17-18-49(55,27-63)65(48)45(66)70-46(2,3)4/h8-15,20-21,32H,7,16-19,22-28H2,1-6H3/t32-,47+,48?,49?/m1/s1. The molecule has 374 valence electrons. The average molecular weight is 984 g/mol. The van der Waals surface area contributed by atoms with Crippen LogP contribution >= 0.6 is 0 Å². The number of alkyl halides is 6. The van der Waals surface area contributed by atoms with Crippen LogP contribution in [0.15, 0.2) is 60.7 Å². The molecule has 4 saturated heterocycles. The Morgan fingerprint density at radius 1 is 0.857 bits per heavy atom. The highest BCUT2D eigenvalue weighted by atomic mass is 19.4. The van der Waals surface area contributed by atoms with E-state index in [1.165, 1.54) is 27.2 Å². The summed E-state index contributed by atoms with van der Waals surface area (Å²) in [5, 5.41) is -0.448. The van der Waals surface area contributed by atoms with Crippen LogP contribution in [0.1, 0.15) is 75.1 Å². The van der Waals surface area contributed by atoms with Crippen molar-refractivity contribution in [3.63, 3.8) is 0 Å². The van der Waals surface area contributed by atoms with Crippen molar-refractivity contribution in [2.24, 2.45) is 0 Å². The molecule has 6 heterocycles. The lowest BCUT2D eigenvalue weighted by atomic mass is 9.95. The van der Waals surface area contributed by atoms with Gasteiger partial charge in [-0.2, -0.15) is 23.1 Å². The summed E-state index contributed by atoms with van der Waals surface area (Å²) in [6.45, 7) is 5.06. The van der Waals surface area contributed by atoms with Crippen LogP contribution in [0.25, 0.3) is 22.2 Å². The highest BCUT2D eigenvalue weighted by Crippen LogP contribution is 2.51. The van der Waals surface area contributed by atoms with E-state index in [0.29, 0.717) is 46.6 Å². The van der Waals surface area contributed by atoms with Gasteiger partial charge in [-0.3, -0.25) is 4.90 Å². The van der Waals surface area contributed by atoms with Gasteiger partial charge in [-0.1, -0.05) is 24.3 Å². The summed E-state index contributed by atoms with van der Waals surface area (Å²) in [6.07, 6.45) is -7.10. The number of ether oxygens (including phenoxy) is 4. The molecule has 4 aliphatic rings. The molecule has 0 saturated carbocycles. The van der Waals surface area contributed by atoms with E-state index in [0.717, 1.165) is 11.3 Å². The van der Waals surface area contributed by atoms with E-state index in [2.05, 4.69) is 15.0 Å². The van der Waals surface area contributed by atoms with Crippen molar-refractivity contribution in [1.82, 2.24) is 24.8 Å². The number of anilines is 2. The van der Waals surface area contributed by atoms with Gasteiger partial charge in [0, 0.05) is 44.3 Å². The number of carbonyl (C=O) groups excluding carboxylic acids is 1. The Bertz CT molecular complexity index is 2730. The molecule has 2 aromatic heterocycles. The maximum Gasteiger partial charge on any atom is 0.418 e. The Labute approximate surface area is 399 Å². The number of piperazine rings is 1. The number of benzene rings is 3. The molecule has 2 bridgehead atoms. The summed E-state index contributed by atoms with van der Waals surface area (Å²) in [5.41, 5.74) is -5.26. The van der Waals surface area contributed by atoms with Crippen molar-refractivity contribution < 1.29 is 58.9 Å². The molecule has 0 spiro atoms. The molecular formula is C50H53F8N7O5. The zero-order valence-electron chi connectivity index (χ0n) is 39.5. The van der Waals surface area contributed by atoms with Gasteiger partial charge in [0.15, 0.2) is 5.82 Å². The number of halogens is 8. The Kier molecular flexibility index (Phi) is 12.5. The minimum Gasteiger partial charge on any atom is -0.497 e. The molecule has 12 nitrogen and oxygen atoms in total. The molecule has 0 aliphatic carbocycles. The number of nitrogens with zero attached hydrogens (tertiary/aromatic N) is 7. The number of methoxy groups -OCH3 is 2. The second kappa shape index (κ2) is 17.9. The van der Waals surface area contributed by atoms with E-state index < -0.39 is 124 Å². The number of carbonyl (C=O) groups is 1. The van der Waals surface area contributed by atoms with Gasteiger partial charge >= 0.3 is 18.3 Å². The number of amides is 1. The fourth-order valence-corrected chi connectivity index (χ4v) is 10.5. The maximum atomic E-state index is 17.7. The molecule has 2 unspecified atom stereocenters. The average Bonchev–Trinajstić information content (AvgIpc) is 3.87.